The number of benzene rings is 2. The number of allylic oxidation sites excluding steroid dienone is 1. The fraction of sp³-hybridized carbons (Fsp3) is 0.387. The summed E-state index contributed by atoms with van der Waals surface area (Å²) in [5.41, 5.74) is 5.11. The van der Waals surface area contributed by atoms with E-state index in [9.17, 15) is 9.59 Å². The topological polar surface area (TPSA) is 67.1 Å². The van der Waals surface area contributed by atoms with Gasteiger partial charge in [-0.05, 0) is 75.9 Å². The van der Waals surface area contributed by atoms with Gasteiger partial charge in [0, 0.05) is 37.4 Å². The van der Waals surface area contributed by atoms with Crippen molar-refractivity contribution in [2.75, 3.05) is 38.2 Å². The molecule has 0 aliphatic carbocycles. The number of nitrogens with zero attached hydrogens (tertiary/aromatic N) is 4. The van der Waals surface area contributed by atoms with Crippen LogP contribution < -0.4 is 24.5 Å². The molecule has 0 bridgehead atoms. The molecule has 1 fully saturated rings. The number of hydrogen-bond donors (Lipinski definition) is 0. The number of likely N-dealkylation sites (N-methyl/N-ethyl adjacent to an activating group) is 1. The summed E-state index contributed by atoms with van der Waals surface area (Å²) in [6.07, 6.45) is 4.42. The summed E-state index contributed by atoms with van der Waals surface area (Å²) in [5, 5.41) is 0. The van der Waals surface area contributed by atoms with Crippen LogP contribution in [0.2, 0.25) is 0 Å². The number of methoxy groups -OCH3 is 1. The molecule has 2 aliphatic rings. The Kier molecular flexibility index (Phi) is 7.75. The summed E-state index contributed by atoms with van der Waals surface area (Å²) in [5.74, 6) is 0.518. The molecule has 0 N–H and O–H groups in total. The van der Waals surface area contributed by atoms with Crippen molar-refractivity contribution in [3.63, 3.8) is 0 Å². The van der Waals surface area contributed by atoms with Gasteiger partial charge in [0.2, 0.25) is 0 Å². The van der Waals surface area contributed by atoms with Crippen molar-refractivity contribution in [3.05, 3.63) is 90.1 Å². The molecule has 0 saturated carbocycles. The molecule has 2 aliphatic heterocycles. The van der Waals surface area contributed by atoms with Crippen molar-refractivity contribution in [1.29, 1.82) is 0 Å². The predicted molar refractivity (Wildman–Crippen MR) is 157 cm³/mol. The van der Waals surface area contributed by atoms with Crippen molar-refractivity contribution in [3.8, 4) is 5.75 Å². The number of carbonyl (C=O) groups excluding carboxylic acids is 1. The van der Waals surface area contributed by atoms with E-state index in [1.165, 1.54) is 29.9 Å². The van der Waals surface area contributed by atoms with E-state index in [-0.39, 0.29) is 11.5 Å². The average molecular weight is 545 g/mol. The van der Waals surface area contributed by atoms with E-state index in [1.54, 1.807) is 16.6 Å². The average Bonchev–Trinajstić information content (AvgIpc) is 3.58. The van der Waals surface area contributed by atoms with E-state index in [0.29, 0.717) is 39.4 Å². The summed E-state index contributed by atoms with van der Waals surface area (Å²) in [7, 11) is 1.61. The van der Waals surface area contributed by atoms with E-state index >= 15 is 0 Å². The summed E-state index contributed by atoms with van der Waals surface area (Å²) in [6, 6.07) is 13.4. The number of aryl methyl sites for hydroxylation is 1. The van der Waals surface area contributed by atoms with Crippen LogP contribution in [0.25, 0.3) is 6.08 Å². The molecular formula is C31H36N4O3S. The molecule has 0 spiro atoms. The minimum atomic E-state index is -0.633. The van der Waals surface area contributed by atoms with Crippen molar-refractivity contribution < 1.29 is 9.53 Å². The first-order valence-electron chi connectivity index (χ1n) is 13.7. The van der Waals surface area contributed by atoms with E-state index in [0.717, 1.165) is 29.8 Å². The highest BCUT2D eigenvalue weighted by Gasteiger charge is 2.35. The second-order valence-corrected chi connectivity index (χ2v) is 11.0. The lowest BCUT2D eigenvalue weighted by molar-refractivity contribution is -0.127. The van der Waals surface area contributed by atoms with Gasteiger partial charge in [-0.25, -0.2) is 4.99 Å². The Morgan fingerprint density at radius 2 is 1.85 bits per heavy atom. The first-order chi connectivity index (χ1) is 18.9. The summed E-state index contributed by atoms with van der Waals surface area (Å²) in [4.78, 5) is 37.4. The largest absolute Gasteiger partial charge is 0.496 e. The number of carbonyl (C=O) groups is 1. The van der Waals surface area contributed by atoms with Gasteiger partial charge >= 0.3 is 0 Å². The highest BCUT2D eigenvalue weighted by atomic mass is 32.1. The number of hydrogen-bond acceptors (Lipinski definition) is 6. The Morgan fingerprint density at radius 1 is 1.13 bits per heavy atom. The van der Waals surface area contributed by atoms with Crippen LogP contribution in [-0.2, 0) is 4.79 Å². The number of ether oxygens (including phenoxy) is 1. The molecule has 7 nitrogen and oxygen atoms in total. The van der Waals surface area contributed by atoms with Crippen molar-refractivity contribution >= 4 is 29.0 Å². The van der Waals surface area contributed by atoms with Gasteiger partial charge in [-0.2, -0.15) is 0 Å². The van der Waals surface area contributed by atoms with E-state index < -0.39 is 6.04 Å². The third-order valence-corrected chi connectivity index (χ3v) is 8.73. The lowest BCUT2D eigenvalue weighted by Crippen LogP contribution is -2.43. The lowest BCUT2D eigenvalue weighted by Gasteiger charge is -2.29. The maximum absolute atomic E-state index is 14.1. The number of rotatable bonds is 7. The highest BCUT2D eigenvalue weighted by Crippen LogP contribution is 2.36. The van der Waals surface area contributed by atoms with Gasteiger partial charge in [0.05, 0.1) is 22.9 Å². The van der Waals surface area contributed by atoms with Crippen molar-refractivity contribution in [1.82, 2.24) is 9.47 Å². The van der Waals surface area contributed by atoms with Crippen LogP contribution in [0.4, 0.5) is 5.69 Å². The predicted octanol–water partition coefficient (Wildman–Crippen LogP) is 4.02. The van der Waals surface area contributed by atoms with Crippen molar-refractivity contribution in [2.45, 2.75) is 46.6 Å². The molecule has 8 heteroatoms. The fourth-order valence-electron chi connectivity index (χ4n) is 5.60. The van der Waals surface area contributed by atoms with Crippen LogP contribution in [0.15, 0.2) is 63.5 Å². The number of para-hydroxylation sites is 1. The van der Waals surface area contributed by atoms with Gasteiger partial charge in [0.1, 0.15) is 11.8 Å². The number of thiazole rings is 1. The van der Waals surface area contributed by atoms with Crippen LogP contribution >= 0.6 is 11.3 Å². The first-order valence-corrected chi connectivity index (χ1v) is 14.5. The Hall–Kier alpha value is -3.65. The highest BCUT2D eigenvalue weighted by molar-refractivity contribution is 7.07. The molecule has 3 aromatic rings. The molecule has 0 unspecified atom stereocenters. The van der Waals surface area contributed by atoms with E-state index in [1.807, 2.05) is 51.1 Å². The number of amides is 1. The quantitative estimate of drug-likeness (QED) is 0.451. The van der Waals surface area contributed by atoms with Gasteiger partial charge < -0.3 is 14.5 Å². The maximum Gasteiger partial charge on any atom is 0.271 e. The summed E-state index contributed by atoms with van der Waals surface area (Å²) in [6.45, 7) is 11.2. The Bertz CT molecular complexity index is 1610. The molecule has 39 heavy (non-hydrogen) atoms. The third kappa shape index (κ3) is 4.93. The zero-order chi connectivity index (χ0) is 27.7. The smallest absolute Gasteiger partial charge is 0.271 e. The zero-order valence-electron chi connectivity index (χ0n) is 23.4. The van der Waals surface area contributed by atoms with Crippen LogP contribution in [0.5, 0.6) is 5.75 Å². The SMILES string of the molecule is CCN(CC)C(=O)C1=C(C)N=c2s/c(=C\c3ccc(N4CCCC4)cc3C)c(=O)n2[C@@H]1c1ccccc1OC. The van der Waals surface area contributed by atoms with Crippen LogP contribution in [0, 0.1) is 6.92 Å². The van der Waals surface area contributed by atoms with Gasteiger partial charge in [0.15, 0.2) is 4.80 Å². The first kappa shape index (κ1) is 26.9. The van der Waals surface area contributed by atoms with E-state index in [2.05, 4.69) is 30.0 Å². The molecule has 2 aromatic carbocycles. The lowest BCUT2D eigenvalue weighted by atomic mass is 9.94. The van der Waals surface area contributed by atoms with Crippen molar-refractivity contribution in [2.24, 2.45) is 4.99 Å². The molecule has 1 amide bonds. The normalized spacial score (nSPS) is 17.3. The molecular weight excluding hydrogens is 508 g/mol. The van der Waals surface area contributed by atoms with Crippen LogP contribution in [-0.4, -0.2) is 48.7 Å². The Labute approximate surface area is 233 Å². The van der Waals surface area contributed by atoms with Gasteiger partial charge in [-0.15, -0.1) is 0 Å². The van der Waals surface area contributed by atoms with E-state index in [4.69, 9.17) is 9.73 Å². The molecule has 5 rings (SSSR count). The number of anilines is 1. The van der Waals surface area contributed by atoms with Crippen LogP contribution in [0.1, 0.15) is 56.3 Å². The molecule has 1 aromatic heterocycles. The minimum Gasteiger partial charge on any atom is -0.496 e. The second-order valence-electron chi connectivity index (χ2n) is 10.0. The van der Waals surface area contributed by atoms with Crippen LogP contribution in [0.3, 0.4) is 0 Å². The van der Waals surface area contributed by atoms with Gasteiger partial charge in [0.25, 0.3) is 11.5 Å². The number of fused-ring (bicyclic) bond motifs is 1. The molecule has 1 saturated heterocycles. The Balaban J connectivity index is 1.67. The monoisotopic (exact) mass is 544 g/mol. The van der Waals surface area contributed by atoms with Gasteiger partial charge in [-0.3, -0.25) is 14.2 Å². The Morgan fingerprint density at radius 3 is 2.51 bits per heavy atom. The van der Waals surface area contributed by atoms with Gasteiger partial charge in [-0.1, -0.05) is 35.6 Å². The number of aromatic nitrogens is 1. The third-order valence-electron chi connectivity index (χ3n) is 7.75. The molecule has 1 atom stereocenters. The summed E-state index contributed by atoms with van der Waals surface area (Å²) < 4.78 is 7.96. The summed E-state index contributed by atoms with van der Waals surface area (Å²) >= 11 is 1.36. The maximum atomic E-state index is 14.1. The molecule has 0 radical (unpaired) electrons. The second kappa shape index (κ2) is 11.2. The zero-order valence-corrected chi connectivity index (χ0v) is 24.2. The fourth-order valence-corrected chi connectivity index (χ4v) is 6.64. The standard InChI is InChI=1S/C31H36N4O3S/c1-6-33(7-2)30(37)27-21(4)32-31-35(28(27)24-12-8-9-13-25(24)38-5)29(36)26(39-31)19-22-14-15-23(18-20(22)3)34-16-10-11-17-34/h8-9,12-15,18-19,28H,6-7,10-11,16-17H2,1-5H3/b26-19-/t28-/m1/s1. The molecule has 3 heterocycles. The molecule has 204 valence electrons. The minimum absolute atomic E-state index is 0.111.